The molecule has 1 fully saturated rings. The van der Waals surface area contributed by atoms with E-state index in [1.54, 1.807) is 0 Å². The molecule has 0 aliphatic heterocycles. The monoisotopic (exact) mass is 231 g/mol. The van der Waals surface area contributed by atoms with E-state index in [0.717, 1.165) is 31.5 Å². The smallest absolute Gasteiger partial charge is 0.333 e. The lowest BCUT2D eigenvalue weighted by atomic mass is 9.96. The summed E-state index contributed by atoms with van der Waals surface area (Å²) in [5, 5.41) is 0. The molecule has 0 saturated heterocycles. The van der Waals surface area contributed by atoms with E-state index in [2.05, 4.69) is 4.98 Å². The molecule has 15 heavy (non-hydrogen) atoms. The van der Waals surface area contributed by atoms with E-state index in [9.17, 15) is 12.3 Å². The Morgan fingerprint density at radius 1 is 1.40 bits per heavy atom. The molecular formula is C9H10FNO3S. The summed E-state index contributed by atoms with van der Waals surface area (Å²) in [4.78, 5) is 3.28. The van der Waals surface area contributed by atoms with Gasteiger partial charge in [-0.05, 0) is 25.3 Å². The van der Waals surface area contributed by atoms with Crippen LogP contribution in [0.5, 0.6) is 5.88 Å². The molecule has 0 unspecified atom stereocenters. The maximum absolute atomic E-state index is 12.5. The molecule has 0 spiro atoms. The van der Waals surface area contributed by atoms with E-state index < -0.39 is 15.1 Å². The highest BCUT2D eigenvalue weighted by Gasteiger charge is 2.20. The molecular weight excluding hydrogens is 221 g/mol. The number of rotatable bonds is 3. The Labute approximate surface area is 87.3 Å². The topological polar surface area (TPSA) is 56.3 Å². The second kappa shape index (κ2) is 3.77. The maximum Gasteiger partial charge on any atom is 0.333 e. The van der Waals surface area contributed by atoms with Crippen LogP contribution in [0.4, 0.5) is 3.89 Å². The van der Waals surface area contributed by atoms with Crippen molar-refractivity contribution < 1.29 is 17.0 Å². The zero-order chi connectivity index (χ0) is 10.9. The molecule has 1 aliphatic rings. The summed E-state index contributed by atoms with van der Waals surface area (Å²) >= 11 is 0. The molecule has 82 valence electrons. The third-order valence-corrected chi connectivity index (χ3v) is 3.13. The lowest BCUT2D eigenvalue weighted by molar-refractivity contribution is 0.114. The van der Waals surface area contributed by atoms with Gasteiger partial charge in [0, 0.05) is 6.07 Å². The van der Waals surface area contributed by atoms with Crippen molar-refractivity contribution in [1.29, 1.82) is 0 Å². The van der Waals surface area contributed by atoms with Gasteiger partial charge in [0.2, 0.25) is 5.88 Å². The van der Waals surface area contributed by atoms with Crippen LogP contribution in [-0.4, -0.2) is 19.5 Å². The van der Waals surface area contributed by atoms with Gasteiger partial charge in [0.15, 0.2) is 0 Å². The Balaban J connectivity index is 2.09. The van der Waals surface area contributed by atoms with Crippen LogP contribution < -0.4 is 4.74 Å². The average molecular weight is 231 g/mol. The Hall–Kier alpha value is -1.17. The number of halogens is 1. The van der Waals surface area contributed by atoms with Crippen molar-refractivity contribution in [3.8, 4) is 5.88 Å². The quantitative estimate of drug-likeness (QED) is 0.742. The summed E-state index contributed by atoms with van der Waals surface area (Å²) < 4.78 is 38.8. The summed E-state index contributed by atoms with van der Waals surface area (Å²) in [5.74, 6) is 0.340. The average Bonchev–Trinajstić information content (AvgIpc) is 2.11. The summed E-state index contributed by atoms with van der Waals surface area (Å²) in [7, 11) is -4.66. The van der Waals surface area contributed by atoms with E-state index in [1.807, 2.05) is 0 Å². The first-order chi connectivity index (χ1) is 7.05. The highest BCUT2D eigenvalue weighted by Crippen LogP contribution is 2.24. The first-order valence-electron chi connectivity index (χ1n) is 4.63. The van der Waals surface area contributed by atoms with Crippen LogP contribution in [-0.2, 0) is 10.2 Å². The number of aromatic nitrogens is 1. The maximum atomic E-state index is 12.5. The fourth-order valence-electron chi connectivity index (χ4n) is 1.24. The van der Waals surface area contributed by atoms with Gasteiger partial charge in [0.25, 0.3) is 0 Å². The molecule has 6 heteroatoms. The normalized spacial score (nSPS) is 17.1. The second-order valence-corrected chi connectivity index (χ2v) is 4.79. The van der Waals surface area contributed by atoms with Gasteiger partial charge in [0.1, 0.15) is 11.0 Å². The molecule has 0 N–H and O–H groups in total. The molecule has 0 bridgehead atoms. The van der Waals surface area contributed by atoms with Gasteiger partial charge in [-0.3, -0.25) is 0 Å². The van der Waals surface area contributed by atoms with Crippen molar-refractivity contribution in [3.05, 3.63) is 18.3 Å². The van der Waals surface area contributed by atoms with Crippen molar-refractivity contribution in [2.45, 2.75) is 30.3 Å². The predicted molar refractivity (Wildman–Crippen MR) is 50.8 cm³/mol. The Morgan fingerprint density at radius 2 is 2.13 bits per heavy atom. The third-order valence-electron chi connectivity index (χ3n) is 2.33. The van der Waals surface area contributed by atoms with Crippen molar-refractivity contribution in [3.63, 3.8) is 0 Å². The number of nitrogens with zero attached hydrogens (tertiary/aromatic N) is 1. The van der Waals surface area contributed by atoms with Crippen LogP contribution in [0, 0.1) is 0 Å². The van der Waals surface area contributed by atoms with Gasteiger partial charge in [-0.25, -0.2) is 4.98 Å². The van der Waals surface area contributed by atoms with Crippen molar-refractivity contribution in [2.24, 2.45) is 0 Å². The molecule has 1 aromatic heterocycles. The largest absolute Gasteiger partial charge is 0.474 e. The number of hydrogen-bond donors (Lipinski definition) is 0. The molecule has 2 rings (SSSR count). The van der Waals surface area contributed by atoms with E-state index in [-0.39, 0.29) is 6.10 Å². The molecule has 0 amide bonds. The Morgan fingerprint density at radius 3 is 2.53 bits per heavy atom. The molecule has 1 heterocycles. The SMILES string of the molecule is O=S(=O)(F)c1ccc(OC2CCC2)nc1. The summed E-state index contributed by atoms with van der Waals surface area (Å²) in [5.41, 5.74) is 0. The zero-order valence-electron chi connectivity index (χ0n) is 7.89. The highest BCUT2D eigenvalue weighted by atomic mass is 32.3. The zero-order valence-corrected chi connectivity index (χ0v) is 8.71. The van der Waals surface area contributed by atoms with Crippen molar-refractivity contribution in [1.82, 2.24) is 4.98 Å². The van der Waals surface area contributed by atoms with Crippen molar-refractivity contribution >= 4 is 10.2 Å². The van der Waals surface area contributed by atoms with Crippen LogP contribution in [0.3, 0.4) is 0 Å². The van der Waals surface area contributed by atoms with E-state index in [4.69, 9.17) is 4.74 Å². The lowest BCUT2D eigenvalue weighted by Crippen LogP contribution is -2.24. The van der Waals surface area contributed by atoms with Gasteiger partial charge in [-0.15, -0.1) is 3.89 Å². The fraction of sp³-hybridized carbons (Fsp3) is 0.444. The Kier molecular flexibility index (Phi) is 2.60. The number of ether oxygens (including phenoxy) is 1. The minimum absolute atomic E-state index is 0.172. The lowest BCUT2D eigenvalue weighted by Gasteiger charge is -2.25. The molecule has 1 aromatic rings. The van der Waals surface area contributed by atoms with Crippen LogP contribution in [0.15, 0.2) is 23.2 Å². The second-order valence-electron chi connectivity index (χ2n) is 3.44. The molecule has 4 nitrogen and oxygen atoms in total. The molecule has 1 aliphatic carbocycles. The first kappa shape index (κ1) is 10.4. The molecule has 0 aromatic carbocycles. The minimum atomic E-state index is -4.66. The summed E-state index contributed by atoms with van der Waals surface area (Å²) in [6, 6.07) is 2.51. The van der Waals surface area contributed by atoms with Crippen molar-refractivity contribution in [2.75, 3.05) is 0 Å². The third kappa shape index (κ3) is 2.44. The van der Waals surface area contributed by atoms with Gasteiger partial charge < -0.3 is 4.74 Å². The minimum Gasteiger partial charge on any atom is -0.474 e. The molecule has 1 saturated carbocycles. The van der Waals surface area contributed by atoms with E-state index >= 15 is 0 Å². The van der Waals surface area contributed by atoms with Crippen LogP contribution in [0.2, 0.25) is 0 Å². The van der Waals surface area contributed by atoms with E-state index in [1.165, 1.54) is 6.07 Å². The number of pyridine rings is 1. The van der Waals surface area contributed by atoms with Gasteiger partial charge in [0.05, 0.1) is 6.20 Å². The van der Waals surface area contributed by atoms with Gasteiger partial charge in [-0.2, -0.15) is 8.42 Å². The van der Waals surface area contributed by atoms with Gasteiger partial charge in [-0.1, -0.05) is 0 Å². The summed E-state index contributed by atoms with van der Waals surface area (Å²) in [6.07, 6.45) is 4.26. The summed E-state index contributed by atoms with van der Waals surface area (Å²) in [6.45, 7) is 0. The van der Waals surface area contributed by atoms with E-state index in [0.29, 0.717) is 5.88 Å². The fourth-order valence-corrected chi connectivity index (χ4v) is 1.65. The standard InChI is InChI=1S/C9H10FNO3S/c10-15(12,13)8-4-5-9(11-6-8)14-7-2-1-3-7/h4-7H,1-3H2. The van der Waals surface area contributed by atoms with Crippen LogP contribution in [0.1, 0.15) is 19.3 Å². The first-order valence-corrected chi connectivity index (χ1v) is 6.01. The van der Waals surface area contributed by atoms with Crippen LogP contribution >= 0.6 is 0 Å². The molecule has 0 atom stereocenters. The molecule has 0 radical (unpaired) electrons. The van der Waals surface area contributed by atoms with Crippen LogP contribution in [0.25, 0.3) is 0 Å². The Bertz CT molecular complexity index is 439. The highest BCUT2D eigenvalue weighted by molar-refractivity contribution is 7.86. The predicted octanol–water partition coefficient (Wildman–Crippen LogP) is 1.67. The number of hydrogen-bond acceptors (Lipinski definition) is 4. The van der Waals surface area contributed by atoms with Gasteiger partial charge >= 0.3 is 10.2 Å².